The number of aryl methyl sites for hydroxylation is 1. The zero-order valence-corrected chi connectivity index (χ0v) is 6.86. The number of carbonyl (C=O) groups excluding carboxylic acids is 1. The van der Waals surface area contributed by atoms with Crippen LogP contribution in [-0.2, 0) is 11.2 Å². The number of amides is 1. The van der Waals surface area contributed by atoms with Gasteiger partial charge in [0.2, 0.25) is 6.41 Å². The fourth-order valence-corrected chi connectivity index (χ4v) is 1.000. The third-order valence-corrected chi connectivity index (χ3v) is 1.59. The molecule has 0 fully saturated rings. The summed E-state index contributed by atoms with van der Waals surface area (Å²) < 4.78 is 0. The van der Waals surface area contributed by atoms with Crippen molar-refractivity contribution in [3.05, 3.63) is 30.1 Å². The highest BCUT2D eigenvalue weighted by Crippen LogP contribution is 1.98. The molecule has 0 unspecified atom stereocenters. The minimum absolute atomic E-state index is 0.725. The second kappa shape index (κ2) is 5.29. The van der Waals surface area contributed by atoms with Crippen molar-refractivity contribution in [2.45, 2.75) is 12.8 Å². The molecule has 3 nitrogen and oxygen atoms in total. The van der Waals surface area contributed by atoms with Gasteiger partial charge in [-0.25, -0.2) is 0 Å². The van der Waals surface area contributed by atoms with Crippen molar-refractivity contribution in [2.75, 3.05) is 6.54 Å². The number of nitrogens with one attached hydrogen (secondary N) is 1. The van der Waals surface area contributed by atoms with Gasteiger partial charge in [0, 0.05) is 18.9 Å². The minimum Gasteiger partial charge on any atom is -0.359 e. The van der Waals surface area contributed by atoms with Gasteiger partial charge in [0.15, 0.2) is 0 Å². The number of nitrogens with zero attached hydrogens (tertiary/aromatic N) is 1. The second-order valence-electron chi connectivity index (χ2n) is 2.54. The lowest BCUT2D eigenvalue weighted by molar-refractivity contribution is -0.109. The molecule has 0 saturated heterocycles. The molecular weight excluding hydrogens is 152 g/mol. The zero-order valence-electron chi connectivity index (χ0n) is 6.86. The highest BCUT2D eigenvalue weighted by atomic mass is 16.1. The zero-order chi connectivity index (χ0) is 8.65. The van der Waals surface area contributed by atoms with Crippen molar-refractivity contribution in [1.82, 2.24) is 10.3 Å². The molecule has 3 heteroatoms. The van der Waals surface area contributed by atoms with E-state index in [0.717, 1.165) is 25.8 Å². The van der Waals surface area contributed by atoms with E-state index in [-0.39, 0.29) is 0 Å². The molecule has 0 bridgehead atoms. The van der Waals surface area contributed by atoms with Crippen molar-refractivity contribution in [1.29, 1.82) is 0 Å². The van der Waals surface area contributed by atoms with Crippen molar-refractivity contribution < 1.29 is 4.79 Å². The maximum atomic E-state index is 9.89. The summed E-state index contributed by atoms with van der Waals surface area (Å²) in [5, 5.41) is 2.62. The summed E-state index contributed by atoms with van der Waals surface area (Å²) in [5.41, 5.74) is 1.21. The molecule has 1 N–H and O–H groups in total. The molecule has 0 aliphatic carbocycles. The summed E-state index contributed by atoms with van der Waals surface area (Å²) in [7, 11) is 0. The topological polar surface area (TPSA) is 42.0 Å². The highest BCUT2D eigenvalue weighted by Gasteiger charge is 1.90. The van der Waals surface area contributed by atoms with E-state index < -0.39 is 0 Å². The lowest BCUT2D eigenvalue weighted by Crippen LogP contribution is -2.12. The summed E-state index contributed by atoms with van der Waals surface area (Å²) in [6.45, 7) is 0.735. The molecule has 0 saturated carbocycles. The summed E-state index contributed by atoms with van der Waals surface area (Å²) in [4.78, 5) is 13.9. The molecule has 12 heavy (non-hydrogen) atoms. The van der Waals surface area contributed by atoms with Crippen LogP contribution in [0.4, 0.5) is 0 Å². The normalized spacial score (nSPS) is 9.33. The average Bonchev–Trinajstić information content (AvgIpc) is 2.14. The minimum atomic E-state index is 0.725. The Kier molecular flexibility index (Phi) is 3.84. The quantitative estimate of drug-likeness (QED) is 0.515. The molecule has 0 spiro atoms. The molecule has 0 aliphatic rings. The monoisotopic (exact) mass is 164 g/mol. The first-order chi connectivity index (χ1) is 5.93. The molecule has 1 aromatic heterocycles. The fraction of sp³-hybridized carbons (Fsp3) is 0.333. The summed E-state index contributed by atoms with van der Waals surface area (Å²) in [6.07, 6.45) is 6.26. The van der Waals surface area contributed by atoms with E-state index in [4.69, 9.17) is 0 Å². The summed E-state index contributed by atoms with van der Waals surface area (Å²) in [5.74, 6) is 0. The van der Waals surface area contributed by atoms with Gasteiger partial charge in [-0.15, -0.1) is 0 Å². The molecule has 1 amide bonds. The molecular formula is C9H12N2O. The van der Waals surface area contributed by atoms with E-state index in [2.05, 4.69) is 10.3 Å². The van der Waals surface area contributed by atoms with E-state index in [1.165, 1.54) is 5.56 Å². The number of aromatic nitrogens is 1. The lowest BCUT2D eigenvalue weighted by Gasteiger charge is -1.98. The Bertz CT molecular complexity index is 223. The van der Waals surface area contributed by atoms with Crippen molar-refractivity contribution in [2.24, 2.45) is 0 Å². The van der Waals surface area contributed by atoms with Crippen LogP contribution in [-0.4, -0.2) is 17.9 Å². The van der Waals surface area contributed by atoms with Crippen LogP contribution in [0, 0.1) is 0 Å². The number of pyridine rings is 1. The van der Waals surface area contributed by atoms with Gasteiger partial charge >= 0.3 is 0 Å². The SMILES string of the molecule is O=CNCCCc1cccnc1. The van der Waals surface area contributed by atoms with Crippen LogP contribution in [0.5, 0.6) is 0 Å². The Hall–Kier alpha value is -1.38. The third kappa shape index (κ3) is 3.14. The first-order valence-corrected chi connectivity index (χ1v) is 3.99. The van der Waals surface area contributed by atoms with Crippen LogP contribution in [0.3, 0.4) is 0 Å². The van der Waals surface area contributed by atoms with Crippen LogP contribution in [0.1, 0.15) is 12.0 Å². The molecule has 1 rings (SSSR count). The molecule has 1 heterocycles. The Balaban J connectivity index is 2.20. The Labute approximate surface area is 71.8 Å². The van der Waals surface area contributed by atoms with E-state index in [0.29, 0.717) is 0 Å². The van der Waals surface area contributed by atoms with Crippen LogP contribution in [0.2, 0.25) is 0 Å². The van der Waals surface area contributed by atoms with Gasteiger partial charge in [-0.3, -0.25) is 9.78 Å². The Morgan fingerprint density at radius 2 is 2.50 bits per heavy atom. The first-order valence-electron chi connectivity index (χ1n) is 3.99. The number of hydrogen-bond donors (Lipinski definition) is 1. The first kappa shape index (κ1) is 8.71. The Morgan fingerprint density at radius 1 is 1.58 bits per heavy atom. The number of carbonyl (C=O) groups is 1. The maximum absolute atomic E-state index is 9.89. The Morgan fingerprint density at radius 3 is 3.17 bits per heavy atom. The fourth-order valence-electron chi connectivity index (χ4n) is 1.000. The van der Waals surface area contributed by atoms with Crippen LogP contribution < -0.4 is 5.32 Å². The van der Waals surface area contributed by atoms with E-state index in [9.17, 15) is 4.79 Å². The molecule has 0 aromatic carbocycles. The third-order valence-electron chi connectivity index (χ3n) is 1.59. The van der Waals surface area contributed by atoms with Crippen LogP contribution >= 0.6 is 0 Å². The van der Waals surface area contributed by atoms with Crippen LogP contribution in [0.25, 0.3) is 0 Å². The molecule has 1 aromatic rings. The largest absolute Gasteiger partial charge is 0.359 e. The molecule has 0 atom stereocenters. The molecule has 0 radical (unpaired) electrons. The average molecular weight is 164 g/mol. The van der Waals surface area contributed by atoms with Crippen molar-refractivity contribution in [3.63, 3.8) is 0 Å². The van der Waals surface area contributed by atoms with Gasteiger partial charge in [-0.2, -0.15) is 0 Å². The highest BCUT2D eigenvalue weighted by molar-refractivity contribution is 5.45. The molecule has 64 valence electrons. The summed E-state index contributed by atoms with van der Waals surface area (Å²) >= 11 is 0. The lowest BCUT2D eigenvalue weighted by atomic mass is 10.2. The van der Waals surface area contributed by atoms with Gasteiger partial charge in [0.1, 0.15) is 0 Å². The smallest absolute Gasteiger partial charge is 0.207 e. The predicted octanol–water partition coefficient (Wildman–Crippen LogP) is 0.760. The van der Waals surface area contributed by atoms with Crippen LogP contribution in [0.15, 0.2) is 24.5 Å². The van der Waals surface area contributed by atoms with Gasteiger partial charge in [0.25, 0.3) is 0 Å². The maximum Gasteiger partial charge on any atom is 0.207 e. The summed E-state index contributed by atoms with van der Waals surface area (Å²) in [6, 6.07) is 3.95. The van der Waals surface area contributed by atoms with E-state index >= 15 is 0 Å². The number of hydrogen-bond acceptors (Lipinski definition) is 2. The van der Waals surface area contributed by atoms with Crippen molar-refractivity contribution >= 4 is 6.41 Å². The van der Waals surface area contributed by atoms with Gasteiger partial charge in [0.05, 0.1) is 0 Å². The van der Waals surface area contributed by atoms with Gasteiger partial charge < -0.3 is 5.32 Å². The second-order valence-corrected chi connectivity index (χ2v) is 2.54. The standard InChI is InChI=1S/C9H12N2O/c12-8-11-6-2-4-9-3-1-5-10-7-9/h1,3,5,7-8H,2,4,6H2,(H,11,12). The number of rotatable bonds is 5. The van der Waals surface area contributed by atoms with E-state index in [1.807, 2.05) is 18.3 Å². The van der Waals surface area contributed by atoms with Crippen molar-refractivity contribution in [3.8, 4) is 0 Å². The van der Waals surface area contributed by atoms with Gasteiger partial charge in [-0.1, -0.05) is 6.07 Å². The van der Waals surface area contributed by atoms with Gasteiger partial charge in [-0.05, 0) is 24.5 Å². The molecule has 0 aliphatic heterocycles. The predicted molar refractivity (Wildman–Crippen MR) is 46.6 cm³/mol. The van der Waals surface area contributed by atoms with E-state index in [1.54, 1.807) is 6.20 Å².